The van der Waals surface area contributed by atoms with Crippen molar-refractivity contribution in [3.63, 3.8) is 0 Å². The van der Waals surface area contributed by atoms with Gasteiger partial charge in [0, 0.05) is 25.4 Å². The van der Waals surface area contributed by atoms with Crippen LogP contribution in [0.3, 0.4) is 0 Å². The summed E-state index contributed by atoms with van der Waals surface area (Å²) in [6, 6.07) is 14.4. The van der Waals surface area contributed by atoms with Gasteiger partial charge in [0.25, 0.3) is 5.91 Å². The summed E-state index contributed by atoms with van der Waals surface area (Å²) in [6.45, 7) is 2.74. The highest BCUT2D eigenvalue weighted by Crippen LogP contribution is 2.34. The average molecular weight is 363 g/mol. The third-order valence-electron chi connectivity index (χ3n) is 4.84. The number of carbonyl (C=O) groups is 1. The minimum Gasteiger partial charge on any atom is -0.331 e. The van der Waals surface area contributed by atoms with Crippen LogP contribution in [0, 0.1) is 6.92 Å². The van der Waals surface area contributed by atoms with E-state index in [1.807, 2.05) is 42.2 Å². The lowest BCUT2D eigenvalue weighted by molar-refractivity contribution is 0.0739. The summed E-state index contributed by atoms with van der Waals surface area (Å²) in [6.07, 6.45) is 6.41. The van der Waals surface area contributed by atoms with Gasteiger partial charge in [0.15, 0.2) is 0 Å². The molecule has 4 nitrogen and oxygen atoms in total. The lowest BCUT2D eigenvalue weighted by atomic mass is 10.1. The number of rotatable bonds is 4. The number of thiazole rings is 1. The molecule has 0 unspecified atom stereocenters. The zero-order valence-corrected chi connectivity index (χ0v) is 15.6. The molecule has 1 amide bonds. The number of carbonyl (C=O) groups excluding carboxylic acids is 1. The topological polar surface area (TPSA) is 46.1 Å². The second-order valence-corrected chi connectivity index (χ2v) is 7.71. The molecule has 1 saturated heterocycles. The number of aromatic nitrogens is 2. The number of likely N-dealkylation sites (tertiary alicyclic amines) is 1. The van der Waals surface area contributed by atoms with Crippen LogP contribution in [0.2, 0.25) is 0 Å². The van der Waals surface area contributed by atoms with Crippen molar-refractivity contribution in [1.29, 1.82) is 0 Å². The molecule has 0 N–H and O–H groups in total. The fourth-order valence-electron chi connectivity index (χ4n) is 3.57. The Morgan fingerprint density at radius 3 is 2.73 bits per heavy atom. The Hall–Kier alpha value is -2.53. The average Bonchev–Trinajstić information content (AvgIpc) is 3.30. The van der Waals surface area contributed by atoms with E-state index in [0.29, 0.717) is 0 Å². The van der Waals surface area contributed by atoms with Crippen LogP contribution in [0.25, 0.3) is 0 Å². The minimum absolute atomic E-state index is 0.110. The van der Waals surface area contributed by atoms with Crippen LogP contribution in [0.4, 0.5) is 0 Å². The summed E-state index contributed by atoms with van der Waals surface area (Å²) in [4.78, 5) is 24.7. The zero-order chi connectivity index (χ0) is 17.9. The third-order valence-corrected chi connectivity index (χ3v) is 5.98. The number of benzene rings is 1. The molecular formula is C21H21N3OS. The van der Waals surface area contributed by atoms with Gasteiger partial charge < -0.3 is 4.90 Å². The maximum absolute atomic E-state index is 13.2. The van der Waals surface area contributed by atoms with Crippen molar-refractivity contribution in [3.8, 4) is 0 Å². The van der Waals surface area contributed by atoms with E-state index >= 15 is 0 Å². The molecule has 0 aliphatic carbocycles. The van der Waals surface area contributed by atoms with Gasteiger partial charge in [0.1, 0.15) is 4.88 Å². The number of amides is 1. The summed E-state index contributed by atoms with van der Waals surface area (Å²) in [7, 11) is 0. The monoisotopic (exact) mass is 363 g/mol. The Morgan fingerprint density at radius 1 is 1.19 bits per heavy atom. The van der Waals surface area contributed by atoms with Crippen molar-refractivity contribution in [2.45, 2.75) is 32.2 Å². The Balaban J connectivity index is 1.56. The van der Waals surface area contributed by atoms with Gasteiger partial charge in [-0.05, 0) is 43.0 Å². The first-order valence-electron chi connectivity index (χ1n) is 8.93. The fraction of sp³-hybridized carbons (Fsp3) is 0.286. The molecule has 1 atom stereocenters. The second-order valence-electron chi connectivity index (χ2n) is 6.62. The van der Waals surface area contributed by atoms with Crippen LogP contribution in [0.15, 0.2) is 54.9 Å². The SMILES string of the molecule is Cc1nc(Cc2ccccc2)sc1C(=O)N1CCC[C@H]1c1ccncc1. The normalized spacial score (nSPS) is 16.8. The smallest absolute Gasteiger partial charge is 0.266 e. The second kappa shape index (κ2) is 7.38. The van der Waals surface area contributed by atoms with E-state index in [1.54, 1.807) is 12.4 Å². The van der Waals surface area contributed by atoms with Gasteiger partial charge in [-0.2, -0.15) is 0 Å². The summed E-state index contributed by atoms with van der Waals surface area (Å²) < 4.78 is 0. The van der Waals surface area contributed by atoms with Crippen LogP contribution in [-0.2, 0) is 6.42 Å². The summed E-state index contributed by atoms with van der Waals surface area (Å²) >= 11 is 1.53. The molecule has 1 aliphatic heterocycles. The number of hydrogen-bond donors (Lipinski definition) is 0. The predicted molar refractivity (Wildman–Crippen MR) is 103 cm³/mol. The van der Waals surface area contributed by atoms with E-state index in [-0.39, 0.29) is 11.9 Å². The van der Waals surface area contributed by atoms with Gasteiger partial charge in [0.2, 0.25) is 0 Å². The lowest BCUT2D eigenvalue weighted by Crippen LogP contribution is -2.30. The molecule has 0 spiro atoms. The highest BCUT2D eigenvalue weighted by molar-refractivity contribution is 7.13. The van der Waals surface area contributed by atoms with Crippen LogP contribution >= 0.6 is 11.3 Å². The van der Waals surface area contributed by atoms with Crippen molar-refractivity contribution in [1.82, 2.24) is 14.9 Å². The highest BCUT2D eigenvalue weighted by Gasteiger charge is 2.32. The van der Waals surface area contributed by atoms with Crippen LogP contribution < -0.4 is 0 Å². The largest absolute Gasteiger partial charge is 0.331 e. The van der Waals surface area contributed by atoms with Crippen LogP contribution in [0.1, 0.15) is 50.4 Å². The number of aryl methyl sites for hydroxylation is 1. The first-order chi connectivity index (χ1) is 12.7. The Kier molecular flexibility index (Phi) is 4.80. The summed E-state index contributed by atoms with van der Waals surface area (Å²) in [5, 5.41) is 0.997. The van der Waals surface area contributed by atoms with E-state index in [4.69, 9.17) is 0 Å². The molecule has 0 bridgehead atoms. The van der Waals surface area contributed by atoms with Crippen molar-refractivity contribution in [2.75, 3.05) is 6.54 Å². The van der Waals surface area contributed by atoms with Crippen molar-refractivity contribution in [3.05, 3.63) is 81.6 Å². The van der Waals surface area contributed by atoms with E-state index < -0.39 is 0 Å². The highest BCUT2D eigenvalue weighted by atomic mass is 32.1. The molecule has 26 heavy (non-hydrogen) atoms. The first-order valence-corrected chi connectivity index (χ1v) is 9.75. The molecule has 0 radical (unpaired) electrons. The van der Waals surface area contributed by atoms with E-state index in [0.717, 1.165) is 46.9 Å². The molecular weight excluding hydrogens is 342 g/mol. The summed E-state index contributed by atoms with van der Waals surface area (Å²) in [5.41, 5.74) is 3.22. The van der Waals surface area contributed by atoms with Crippen LogP contribution in [0.5, 0.6) is 0 Å². The van der Waals surface area contributed by atoms with E-state index in [1.165, 1.54) is 16.9 Å². The van der Waals surface area contributed by atoms with Crippen molar-refractivity contribution in [2.24, 2.45) is 0 Å². The van der Waals surface area contributed by atoms with Gasteiger partial charge in [-0.3, -0.25) is 9.78 Å². The molecule has 3 aromatic rings. The molecule has 2 aromatic heterocycles. The Bertz CT molecular complexity index is 892. The Labute approximate surface area is 157 Å². The molecule has 1 aromatic carbocycles. The quantitative estimate of drug-likeness (QED) is 0.689. The first kappa shape index (κ1) is 16.9. The van der Waals surface area contributed by atoms with Crippen LogP contribution in [-0.4, -0.2) is 27.3 Å². The number of nitrogens with zero attached hydrogens (tertiary/aromatic N) is 3. The minimum atomic E-state index is 0.110. The molecule has 0 saturated carbocycles. The van der Waals surface area contributed by atoms with Gasteiger partial charge in [0.05, 0.1) is 16.7 Å². The lowest BCUT2D eigenvalue weighted by Gasteiger charge is -2.24. The molecule has 1 aliphatic rings. The van der Waals surface area contributed by atoms with E-state index in [9.17, 15) is 4.79 Å². The number of hydrogen-bond acceptors (Lipinski definition) is 4. The van der Waals surface area contributed by atoms with E-state index in [2.05, 4.69) is 22.1 Å². The predicted octanol–water partition coefficient (Wildman–Crippen LogP) is 4.41. The molecule has 3 heterocycles. The molecule has 132 valence electrons. The van der Waals surface area contributed by atoms with Gasteiger partial charge >= 0.3 is 0 Å². The third kappa shape index (κ3) is 3.40. The fourth-order valence-corrected chi connectivity index (χ4v) is 4.62. The molecule has 1 fully saturated rings. The summed E-state index contributed by atoms with van der Waals surface area (Å²) in [5.74, 6) is 0.110. The van der Waals surface area contributed by atoms with Gasteiger partial charge in [-0.15, -0.1) is 11.3 Å². The maximum Gasteiger partial charge on any atom is 0.266 e. The van der Waals surface area contributed by atoms with Gasteiger partial charge in [-0.25, -0.2) is 4.98 Å². The standard InChI is InChI=1S/C21H21N3OS/c1-15-20(26-19(23-15)14-16-6-3-2-4-7-16)21(25)24-13-5-8-18(24)17-9-11-22-12-10-17/h2-4,6-7,9-12,18H,5,8,13-14H2,1H3/t18-/m0/s1. The zero-order valence-electron chi connectivity index (χ0n) is 14.8. The maximum atomic E-state index is 13.2. The molecule has 5 heteroatoms. The van der Waals surface area contributed by atoms with Crippen molar-refractivity contribution >= 4 is 17.2 Å². The Morgan fingerprint density at radius 2 is 1.96 bits per heavy atom. The number of pyridine rings is 1. The molecule has 4 rings (SSSR count). The van der Waals surface area contributed by atoms with Crippen molar-refractivity contribution < 1.29 is 4.79 Å². The van der Waals surface area contributed by atoms with Gasteiger partial charge in [-0.1, -0.05) is 30.3 Å².